The summed E-state index contributed by atoms with van der Waals surface area (Å²) in [6.45, 7) is 0. The molecule has 1 aliphatic heterocycles. The van der Waals surface area contributed by atoms with Gasteiger partial charge in [-0.2, -0.15) is 0 Å². The highest BCUT2D eigenvalue weighted by Gasteiger charge is 2.13. The molecule has 0 radical (unpaired) electrons. The Kier molecular flexibility index (Phi) is 2.41. The molecule has 1 aliphatic rings. The van der Waals surface area contributed by atoms with E-state index in [0.29, 0.717) is 11.1 Å². The maximum Gasteiger partial charge on any atom is 0.193 e. The molecule has 2 nitrogen and oxygen atoms in total. The van der Waals surface area contributed by atoms with E-state index in [1.807, 2.05) is 18.2 Å². The molecule has 0 amide bonds. The van der Waals surface area contributed by atoms with E-state index in [1.54, 1.807) is 18.2 Å². The fraction of sp³-hybridized carbons (Fsp3) is 0. The molecule has 0 saturated carbocycles. The van der Waals surface area contributed by atoms with Crippen molar-refractivity contribution in [3.63, 3.8) is 0 Å². The van der Waals surface area contributed by atoms with Crippen molar-refractivity contribution < 1.29 is 9.00 Å². The van der Waals surface area contributed by atoms with Crippen molar-refractivity contribution in [2.24, 2.45) is 0 Å². The zero-order valence-electron chi connectivity index (χ0n) is 7.34. The first kappa shape index (κ1) is 9.09. The third kappa shape index (κ3) is 1.72. The number of allylic oxidation sites excluding steroid dienone is 2. The van der Waals surface area contributed by atoms with Gasteiger partial charge in [-0.1, -0.05) is 30.3 Å². The number of ketones is 1. The van der Waals surface area contributed by atoms with Crippen LogP contribution in [0.25, 0.3) is 0 Å². The van der Waals surface area contributed by atoms with Crippen LogP contribution in [-0.4, -0.2) is 9.99 Å². The third-order valence-corrected chi connectivity index (χ3v) is 2.81. The summed E-state index contributed by atoms with van der Waals surface area (Å²) in [5.74, 6) is -0.0762. The van der Waals surface area contributed by atoms with Crippen LogP contribution in [0.3, 0.4) is 0 Å². The summed E-state index contributed by atoms with van der Waals surface area (Å²) in [5.41, 5.74) is 1.14. The minimum atomic E-state index is -1.11. The summed E-state index contributed by atoms with van der Waals surface area (Å²) in [6.07, 6.45) is 1.60. The average molecular weight is 204 g/mol. The second-order valence-corrected chi connectivity index (χ2v) is 4.06. The lowest BCUT2D eigenvalue weighted by atomic mass is 10.1. The van der Waals surface area contributed by atoms with E-state index in [4.69, 9.17) is 0 Å². The molecule has 2 rings (SSSR count). The maximum absolute atomic E-state index is 11.7. The van der Waals surface area contributed by atoms with E-state index < -0.39 is 10.8 Å². The first-order chi connectivity index (χ1) is 6.77. The Morgan fingerprint density at radius 3 is 2.43 bits per heavy atom. The number of carbonyl (C=O) groups is 1. The number of Topliss-reactive ketones (excluding diaryl/α,β-unsaturated/α-hetero) is 1. The van der Waals surface area contributed by atoms with Gasteiger partial charge in [-0.05, 0) is 6.08 Å². The highest BCUT2D eigenvalue weighted by Crippen LogP contribution is 2.15. The van der Waals surface area contributed by atoms with Gasteiger partial charge in [0.2, 0.25) is 0 Å². The van der Waals surface area contributed by atoms with Crippen LogP contribution in [0.15, 0.2) is 52.8 Å². The average Bonchev–Trinajstić information content (AvgIpc) is 2.65. The predicted octanol–water partition coefficient (Wildman–Crippen LogP) is 2.03. The molecular weight excluding hydrogens is 196 g/mol. The van der Waals surface area contributed by atoms with Crippen molar-refractivity contribution >= 4 is 16.6 Å². The van der Waals surface area contributed by atoms with Crippen molar-refractivity contribution in [3.05, 3.63) is 58.4 Å². The largest absolute Gasteiger partial charge is 0.289 e. The van der Waals surface area contributed by atoms with Crippen LogP contribution >= 0.6 is 0 Å². The zero-order chi connectivity index (χ0) is 9.97. The minimum absolute atomic E-state index is 0.0762. The minimum Gasteiger partial charge on any atom is -0.289 e. The Bertz CT molecular complexity index is 444. The van der Waals surface area contributed by atoms with Crippen molar-refractivity contribution in [2.75, 3.05) is 0 Å². The van der Waals surface area contributed by atoms with Gasteiger partial charge in [0, 0.05) is 22.0 Å². The van der Waals surface area contributed by atoms with E-state index in [-0.39, 0.29) is 5.78 Å². The molecule has 0 fully saturated rings. The van der Waals surface area contributed by atoms with E-state index in [2.05, 4.69) is 0 Å². The quantitative estimate of drug-likeness (QED) is 0.691. The zero-order valence-corrected chi connectivity index (χ0v) is 8.16. The smallest absolute Gasteiger partial charge is 0.193 e. The molecule has 1 aromatic rings. The van der Waals surface area contributed by atoms with Gasteiger partial charge < -0.3 is 0 Å². The molecular formula is C11H8O2S. The number of carbonyl (C=O) groups excluding carboxylic acids is 1. The lowest BCUT2D eigenvalue weighted by Gasteiger charge is -1.97. The second kappa shape index (κ2) is 3.72. The Morgan fingerprint density at radius 2 is 1.86 bits per heavy atom. The summed E-state index contributed by atoms with van der Waals surface area (Å²) < 4.78 is 11.0. The van der Waals surface area contributed by atoms with E-state index in [1.165, 1.54) is 10.8 Å². The van der Waals surface area contributed by atoms with Gasteiger partial charge in [-0.25, -0.2) is 0 Å². The fourth-order valence-electron chi connectivity index (χ4n) is 1.23. The van der Waals surface area contributed by atoms with Crippen molar-refractivity contribution in [2.45, 2.75) is 0 Å². The Morgan fingerprint density at radius 1 is 1.14 bits per heavy atom. The topological polar surface area (TPSA) is 34.1 Å². The molecule has 14 heavy (non-hydrogen) atoms. The molecule has 0 N–H and O–H groups in total. The van der Waals surface area contributed by atoms with E-state index in [9.17, 15) is 9.00 Å². The van der Waals surface area contributed by atoms with E-state index in [0.717, 1.165) is 0 Å². The molecule has 0 aliphatic carbocycles. The maximum atomic E-state index is 11.7. The molecule has 0 aromatic heterocycles. The van der Waals surface area contributed by atoms with Crippen LogP contribution in [0, 0.1) is 0 Å². The molecule has 1 heterocycles. The van der Waals surface area contributed by atoms with Crippen molar-refractivity contribution in [3.8, 4) is 0 Å². The number of hydrogen-bond donors (Lipinski definition) is 0. The van der Waals surface area contributed by atoms with Crippen LogP contribution in [0.2, 0.25) is 0 Å². The highest BCUT2D eigenvalue weighted by atomic mass is 32.2. The van der Waals surface area contributed by atoms with Crippen molar-refractivity contribution in [1.82, 2.24) is 0 Å². The van der Waals surface area contributed by atoms with Crippen LogP contribution in [0.5, 0.6) is 0 Å². The lowest BCUT2D eigenvalue weighted by Crippen LogP contribution is -1.99. The summed E-state index contributed by atoms with van der Waals surface area (Å²) in [4.78, 5) is 11.7. The predicted molar refractivity (Wildman–Crippen MR) is 56.1 cm³/mol. The number of hydrogen-bond acceptors (Lipinski definition) is 2. The van der Waals surface area contributed by atoms with Crippen LogP contribution in [0.4, 0.5) is 0 Å². The summed E-state index contributed by atoms with van der Waals surface area (Å²) in [6, 6.07) is 8.97. The molecule has 1 atom stereocenters. The standard InChI is InChI=1S/C11H8O2S/c12-11(9-4-2-1-3-5-9)10-6-7-14(13)8-10/h1-8H. The monoisotopic (exact) mass is 204 g/mol. The molecule has 70 valence electrons. The second-order valence-electron chi connectivity index (χ2n) is 2.90. The van der Waals surface area contributed by atoms with Crippen LogP contribution < -0.4 is 0 Å². The first-order valence-electron chi connectivity index (χ1n) is 4.16. The Balaban J connectivity index is 2.31. The Labute approximate surface area is 84.4 Å². The first-order valence-corrected chi connectivity index (χ1v) is 5.44. The highest BCUT2D eigenvalue weighted by molar-refractivity contribution is 7.91. The summed E-state index contributed by atoms with van der Waals surface area (Å²) in [5, 5.41) is 2.98. The van der Waals surface area contributed by atoms with Gasteiger partial charge in [0.15, 0.2) is 5.78 Å². The summed E-state index contributed by atoms with van der Waals surface area (Å²) >= 11 is 0. The molecule has 0 spiro atoms. The molecule has 0 bridgehead atoms. The SMILES string of the molecule is O=C(C1=CS(=O)C=C1)c1ccccc1. The Hall–Kier alpha value is -1.48. The molecule has 1 aromatic carbocycles. The fourth-order valence-corrected chi connectivity index (χ4v) is 2.02. The normalized spacial score (nSPS) is 19.4. The van der Waals surface area contributed by atoms with Gasteiger partial charge >= 0.3 is 0 Å². The van der Waals surface area contributed by atoms with Gasteiger partial charge in [-0.15, -0.1) is 0 Å². The van der Waals surface area contributed by atoms with Gasteiger partial charge in [-0.3, -0.25) is 9.00 Å². The van der Waals surface area contributed by atoms with Gasteiger partial charge in [0.1, 0.15) is 0 Å². The number of rotatable bonds is 2. The molecule has 1 unspecified atom stereocenters. The molecule has 3 heteroatoms. The van der Waals surface area contributed by atoms with E-state index >= 15 is 0 Å². The molecule has 0 saturated heterocycles. The van der Waals surface area contributed by atoms with Crippen LogP contribution in [-0.2, 0) is 10.8 Å². The van der Waals surface area contributed by atoms with Crippen molar-refractivity contribution in [1.29, 1.82) is 0 Å². The third-order valence-electron chi connectivity index (χ3n) is 1.92. The van der Waals surface area contributed by atoms with Gasteiger partial charge in [0.25, 0.3) is 0 Å². The number of benzene rings is 1. The summed E-state index contributed by atoms with van der Waals surface area (Å²) in [7, 11) is -1.11. The van der Waals surface area contributed by atoms with Crippen LogP contribution in [0.1, 0.15) is 10.4 Å². The lowest BCUT2D eigenvalue weighted by molar-refractivity contribution is 0.103. The van der Waals surface area contributed by atoms with Gasteiger partial charge in [0.05, 0.1) is 10.8 Å².